The molecule has 4 rings (SSSR count). The van der Waals surface area contributed by atoms with Crippen molar-refractivity contribution < 1.29 is 27.2 Å². The number of fused-ring (bicyclic) bond motifs is 1. The van der Waals surface area contributed by atoms with E-state index in [9.17, 15) is 13.2 Å². The minimum absolute atomic E-state index is 0.125. The summed E-state index contributed by atoms with van der Waals surface area (Å²) < 4.78 is 58.6. The van der Waals surface area contributed by atoms with Crippen LogP contribution in [0.3, 0.4) is 0 Å². The monoisotopic (exact) mass is 395 g/mol. The van der Waals surface area contributed by atoms with Gasteiger partial charge in [0.15, 0.2) is 18.0 Å². The zero-order valence-electron chi connectivity index (χ0n) is 14.9. The van der Waals surface area contributed by atoms with Gasteiger partial charge in [0.1, 0.15) is 5.82 Å². The summed E-state index contributed by atoms with van der Waals surface area (Å²) in [6, 6.07) is 3.53. The molecule has 0 saturated heterocycles. The number of benzene rings is 1. The number of hydrogen-bond donors (Lipinski definition) is 2. The van der Waals surface area contributed by atoms with E-state index in [1.54, 1.807) is 0 Å². The largest absolute Gasteiger partial charge is 0.479 e. The number of methoxy groups -OCH3 is 1. The summed E-state index contributed by atoms with van der Waals surface area (Å²) >= 11 is 0. The third kappa shape index (κ3) is 2.74. The van der Waals surface area contributed by atoms with Crippen LogP contribution < -0.4 is 15.8 Å². The van der Waals surface area contributed by atoms with E-state index in [-0.39, 0.29) is 18.0 Å². The third-order valence-electron chi connectivity index (χ3n) is 4.76. The lowest BCUT2D eigenvalue weighted by molar-refractivity contribution is -0.117. The topological polar surface area (TPSA) is 107 Å². The number of ether oxygens (including phenoxy) is 2. The molecule has 3 N–H and O–H groups in total. The average Bonchev–Trinajstić information content (AvgIpc) is 3.13. The number of anilines is 1. The van der Waals surface area contributed by atoms with Gasteiger partial charge in [0.05, 0.1) is 19.7 Å². The van der Waals surface area contributed by atoms with Crippen LogP contribution in [0.25, 0.3) is 0 Å². The molecule has 1 unspecified atom stereocenters. The Morgan fingerprint density at radius 3 is 2.79 bits per heavy atom. The summed E-state index contributed by atoms with van der Waals surface area (Å²) in [5.74, 6) is -3.44. The van der Waals surface area contributed by atoms with Gasteiger partial charge < -0.3 is 25.0 Å². The Morgan fingerprint density at radius 2 is 2.07 bits per heavy atom. The summed E-state index contributed by atoms with van der Waals surface area (Å²) in [6.45, 7) is 0.249. The molecule has 8 nitrogen and oxygen atoms in total. The number of hydrogen-bond acceptors (Lipinski definition) is 8. The minimum Gasteiger partial charge on any atom is -0.479 e. The van der Waals surface area contributed by atoms with E-state index in [4.69, 9.17) is 15.0 Å². The predicted molar refractivity (Wildman–Crippen MR) is 93.2 cm³/mol. The van der Waals surface area contributed by atoms with Crippen LogP contribution in [-0.2, 0) is 16.8 Å². The molecule has 3 heterocycles. The van der Waals surface area contributed by atoms with Crippen molar-refractivity contribution in [3.8, 4) is 5.88 Å². The molecule has 2 aromatic rings. The van der Waals surface area contributed by atoms with Crippen LogP contribution in [0.4, 0.5) is 18.9 Å². The molecule has 2 aliphatic heterocycles. The molecule has 0 aliphatic carbocycles. The SMILES string of the molecule is COc1cc(C2=NCc3cc(F)c(C4(C)N=C(N)OCC4(F)F)cc3N2)on1. The second kappa shape index (κ2) is 6.14. The highest BCUT2D eigenvalue weighted by Gasteiger charge is 2.56. The normalized spacial score (nSPS) is 23.0. The van der Waals surface area contributed by atoms with E-state index in [1.807, 2.05) is 0 Å². The first kappa shape index (κ1) is 18.1. The molecule has 0 saturated carbocycles. The maximum absolute atomic E-state index is 14.7. The molecule has 11 heteroatoms. The zero-order valence-corrected chi connectivity index (χ0v) is 14.9. The fraction of sp³-hybridized carbons (Fsp3) is 0.353. The van der Waals surface area contributed by atoms with Gasteiger partial charge in [0, 0.05) is 16.8 Å². The van der Waals surface area contributed by atoms with E-state index < -0.39 is 29.9 Å². The number of nitrogens with one attached hydrogen (secondary N) is 1. The highest BCUT2D eigenvalue weighted by Crippen LogP contribution is 2.45. The zero-order chi connectivity index (χ0) is 20.1. The van der Waals surface area contributed by atoms with Crippen molar-refractivity contribution >= 4 is 17.5 Å². The Labute approximate surface area is 157 Å². The molecule has 0 bridgehead atoms. The summed E-state index contributed by atoms with van der Waals surface area (Å²) in [7, 11) is 1.43. The molecular weight excluding hydrogens is 379 g/mol. The molecule has 1 atom stereocenters. The molecule has 2 aliphatic rings. The number of rotatable bonds is 3. The molecule has 1 aromatic carbocycles. The lowest BCUT2D eigenvalue weighted by atomic mass is 9.84. The quantitative estimate of drug-likeness (QED) is 0.826. The number of amidine groups is 2. The fourth-order valence-corrected chi connectivity index (χ4v) is 3.07. The second-order valence-electron chi connectivity index (χ2n) is 6.53. The van der Waals surface area contributed by atoms with Crippen molar-refractivity contribution in [1.29, 1.82) is 0 Å². The van der Waals surface area contributed by atoms with Crippen molar-refractivity contribution in [2.24, 2.45) is 15.7 Å². The Morgan fingerprint density at radius 1 is 1.29 bits per heavy atom. The summed E-state index contributed by atoms with van der Waals surface area (Å²) in [4.78, 5) is 7.98. The Balaban J connectivity index is 1.74. The van der Waals surface area contributed by atoms with Crippen molar-refractivity contribution in [3.63, 3.8) is 0 Å². The smallest absolute Gasteiger partial charge is 0.310 e. The lowest BCUT2D eigenvalue weighted by Gasteiger charge is -2.38. The van der Waals surface area contributed by atoms with Gasteiger partial charge in [-0.1, -0.05) is 0 Å². The van der Waals surface area contributed by atoms with E-state index in [0.29, 0.717) is 22.8 Å². The van der Waals surface area contributed by atoms with E-state index >= 15 is 0 Å². The maximum atomic E-state index is 14.7. The van der Waals surface area contributed by atoms with Crippen LogP contribution in [0.2, 0.25) is 0 Å². The van der Waals surface area contributed by atoms with Crippen molar-refractivity contribution in [1.82, 2.24) is 5.16 Å². The Bertz CT molecular complexity index is 1000. The number of alkyl halides is 2. The maximum Gasteiger partial charge on any atom is 0.310 e. The first-order valence-corrected chi connectivity index (χ1v) is 8.25. The first-order chi connectivity index (χ1) is 13.2. The van der Waals surface area contributed by atoms with Crippen LogP contribution in [0.5, 0.6) is 5.88 Å². The van der Waals surface area contributed by atoms with Crippen LogP contribution in [0, 0.1) is 5.82 Å². The van der Waals surface area contributed by atoms with E-state index in [2.05, 4.69) is 25.2 Å². The van der Waals surface area contributed by atoms with Gasteiger partial charge in [0.2, 0.25) is 5.76 Å². The van der Waals surface area contributed by atoms with Gasteiger partial charge in [-0.05, 0) is 24.2 Å². The summed E-state index contributed by atoms with van der Waals surface area (Å²) in [5, 5.41) is 6.64. The molecule has 28 heavy (non-hydrogen) atoms. The summed E-state index contributed by atoms with van der Waals surface area (Å²) in [6.07, 6.45) is 0. The minimum atomic E-state index is -3.46. The van der Waals surface area contributed by atoms with Crippen molar-refractivity contribution in [2.45, 2.75) is 24.9 Å². The molecule has 0 amide bonds. The molecule has 0 fully saturated rings. The van der Waals surface area contributed by atoms with Crippen molar-refractivity contribution in [3.05, 3.63) is 40.9 Å². The van der Waals surface area contributed by atoms with Crippen LogP contribution in [0.15, 0.2) is 32.7 Å². The second-order valence-corrected chi connectivity index (χ2v) is 6.53. The third-order valence-corrected chi connectivity index (χ3v) is 4.76. The number of nitrogens with zero attached hydrogens (tertiary/aromatic N) is 3. The number of halogens is 3. The number of aliphatic imine (C=N–C) groups is 2. The van der Waals surface area contributed by atoms with E-state index in [0.717, 1.165) is 13.0 Å². The molecule has 148 valence electrons. The number of aromatic nitrogens is 1. The standard InChI is InChI=1S/C17H16F3N5O3/c1-16(17(19,20)7-27-15(21)24-16)9-4-11-8(3-10(9)18)6-22-14(23-11)12-5-13(26-2)25-28-12/h3-5H,6-7H2,1-2H3,(H2,21,24)(H,22,23). The van der Waals surface area contributed by atoms with Gasteiger partial charge >= 0.3 is 5.92 Å². The van der Waals surface area contributed by atoms with Gasteiger partial charge in [-0.25, -0.2) is 9.38 Å². The fourth-order valence-electron chi connectivity index (χ4n) is 3.07. The van der Waals surface area contributed by atoms with Gasteiger partial charge in [0.25, 0.3) is 11.9 Å². The number of nitrogens with two attached hydrogens (primary N) is 1. The Hall–Kier alpha value is -3.24. The van der Waals surface area contributed by atoms with E-state index in [1.165, 1.54) is 19.2 Å². The highest BCUT2D eigenvalue weighted by molar-refractivity contribution is 6.07. The van der Waals surface area contributed by atoms with Crippen LogP contribution in [0.1, 0.15) is 23.8 Å². The highest BCUT2D eigenvalue weighted by atomic mass is 19.3. The van der Waals surface area contributed by atoms with Gasteiger partial charge in [-0.2, -0.15) is 8.78 Å². The molecular formula is C17H16F3N5O3. The van der Waals surface area contributed by atoms with Crippen LogP contribution in [-0.4, -0.2) is 36.7 Å². The van der Waals surface area contributed by atoms with Crippen molar-refractivity contribution in [2.75, 3.05) is 19.0 Å². The average molecular weight is 395 g/mol. The predicted octanol–water partition coefficient (Wildman–Crippen LogP) is 2.39. The lowest BCUT2D eigenvalue weighted by Crippen LogP contribution is -2.51. The molecule has 1 aromatic heterocycles. The summed E-state index contributed by atoms with van der Waals surface area (Å²) in [5.41, 5.74) is 3.83. The Kier molecular flexibility index (Phi) is 3.98. The first-order valence-electron chi connectivity index (χ1n) is 8.25. The van der Waals surface area contributed by atoms with Gasteiger partial charge in [-0.15, -0.1) is 0 Å². The molecule has 0 spiro atoms. The van der Waals surface area contributed by atoms with Gasteiger partial charge in [-0.3, -0.25) is 4.99 Å². The van der Waals surface area contributed by atoms with Crippen LogP contribution >= 0.6 is 0 Å². The molecule has 0 radical (unpaired) electrons.